The summed E-state index contributed by atoms with van der Waals surface area (Å²) >= 11 is 6.70. The summed E-state index contributed by atoms with van der Waals surface area (Å²) in [6.07, 6.45) is 2.86. The van der Waals surface area contributed by atoms with Crippen molar-refractivity contribution in [2.45, 2.75) is 24.9 Å². The number of hydrogen-bond acceptors (Lipinski definition) is 3. The number of benzene rings is 3. The predicted octanol–water partition coefficient (Wildman–Crippen LogP) is 6.28. The standard InChI is InChI=1S/C26H28ClNO2/c1-19(28(2)3)30-25-15-9-20(10-16-25)17-23(21-7-5-4-6-8-21)18-26(27)22-11-13-24(29)14-12-22/h4-16,18-19,26,29H,17H2,1-3H3/b23-18+. The van der Waals surface area contributed by atoms with Gasteiger partial charge in [0.25, 0.3) is 0 Å². The highest BCUT2D eigenvalue weighted by Crippen LogP contribution is 2.30. The third kappa shape index (κ3) is 6.12. The van der Waals surface area contributed by atoms with E-state index in [2.05, 4.69) is 30.3 Å². The monoisotopic (exact) mass is 421 g/mol. The van der Waals surface area contributed by atoms with Crippen molar-refractivity contribution in [2.24, 2.45) is 0 Å². The van der Waals surface area contributed by atoms with Crippen molar-refractivity contribution in [1.82, 2.24) is 4.90 Å². The molecule has 3 rings (SSSR count). The maximum atomic E-state index is 9.53. The number of hydrogen-bond donors (Lipinski definition) is 1. The Morgan fingerprint density at radius 2 is 1.60 bits per heavy atom. The minimum Gasteiger partial charge on any atom is -0.508 e. The topological polar surface area (TPSA) is 32.7 Å². The molecule has 4 heteroatoms. The maximum absolute atomic E-state index is 9.53. The fraction of sp³-hybridized carbons (Fsp3) is 0.231. The Labute approximate surface area is 184 Å². The number of phenolic OH excluding ortho intramolecular Hbond substituents is 1. The molecular formula is C26H28ClNO2. The third-order valence-corrected chi connectivity index (χ3v) is 5.43. The molecule has 0 radical (unpaired) electrons. The van der Waals surface area contributed by atoms with Gasteiger partial charge in [-0.3, -0.25) is 4.90 Å². The Hall–Kier alpha value is -2.75. The van der Waals surface area contributed by atoms with E-state index in [0.29, 0.717) is 0 Å². The first-order chi connectivity index (χ1) is 14.4. The maximum Gasteiger partial charge on any atom is 0.149 e. The number of allylic oxidation sites excluding steroid dienone is 2. The first-order valence-electron chi connectivity index (χ1n) is 10.0. The molecule has 2 atom stereocenters. The normalized spacial score (nSPS) is 13.8. The van der Waals surface area contributed by atoms with E-state index in [1.807, 2.05) is 68.4 Å². The molecular weight excluding hydrogens is 394 g/mol. The average molecular weight is 422 g/mol. The zero-order valence-corrected chi connectivity index (χ0v) is 18.4. The molecule has 2 unspecified atom stereocenters. The molecule has 0 fully saturated rings. The lowest BCUT2D eigenvalue weighted by Crippen LogP contribution is -2.30. The summed E-state index contributed by atoms with van der Waals surface area (Å²) in [7, 11) is 3.99. The van der Waals surface area contributed by atoms with Crippen LogP contribution in [0.5, 0.6) is 11.5 Å². The first kappa shape index (κ1) is 21.9. The van der Waals surface area contributed by atoms with Crippen molar-refractivity contribution in [1.29, 1.82) is 0 Å². The molecule has 156 valence electrons. The van der Waals surface area contributed by atoms with Gasteiger partial charge in [-0.15, -0.1) is 11.6 Å². The highest BCUT2D eigenvalue weighted by Gasteiger charge is 2.11. The van der Waals surface area contributed by atoms with E-state index in [1.54, 1.807) is 12.1 Å². The van der Waals surface area contributed by atoms with Gasteiger partial charge in [-0.25, -0.2) is 0 Å². The SMILES string of the molecule is CC(Oc1ccc(C/C(=C\C(Cl)c2ccc(O)cc2)c2ccccc2)cc1)N(C)C. The van der Waals surface area contributed by atoms with Crippen molar-refractivity contribution >= 4 is 17.2 Å². The Morgan fingerprint density at radius 1 is 0.967 bits per heavy atom. The lowest BCUT2D eigenvalue weighted by atomic mass is 9.96. The van der Waals surface area contributed by atoms with Gasteiger partial charge in [0.2, 0.25) is 0 Å². The summed E-state index contributed by atoms with van der Waals surface area (Å²) < 4.78 is 5.92. The first-order valence-corrected chi connectivity index (χ1v) is 10.5. The highest BCUT2D eigenvalue weighted by molar-refractivity contribution is 6.22. The van der Waals surface area contributed by atoms with Crippen LogP contribution in [0.1, 0.15) is 29.0 Å². The van der Waals surface area contributed by atoms with Crippen LogP contribution in [0.3, 0.4) is 0 Å². The number of ether oxygens (including phenoxy) is 1. The quantitative estimate of drug-likeness (QED) is 0.343. The second-order valence-corrected chi connectivity index (χ2v) is 8.02. The van der Waals surface area contributed by atoms with E-state index in [1.165, 1.54) is 5.56 Å². The highest BCUT2D eigenvalue weighted by atomic mass is 35.5. The molecule has 0 aliphatic heterocycles. The predicted molar refractivity (Wildman–Crippen MR) is 125 cm³/mol. The second-order valence-electron chi connectivity index (χ2n) is 7.55. The molecule has 0 bridgehead atoms. The molecule has 3 nitrogen and oxygen atoms in total. The molecule has 0 saturated heterocycles. The summed E-state index contributed by atoms with van der Waals surface area (Å²) in [5, 5.41) is 9.24. The molecule has 0 heterocycles. The van der Waals surface area contributed by atoms with Crippen LogP contribution in [-0.2, 0) is 6.42 Å². The van der Waals surface area contributed by atoms with Crippen LogP contribution in [0.2, 0.25) is 0 Å². The Bertz CT molecular complexity index is 951. The van der Waals surface area contributed by atoms with Crippen LogP contribution in [0, 0.1) is 0 Å². The van der Waals surface area contributed by atoms with E-state index in [9.17, 15) is 5.11 Å². The average Bonchev–Trinajstić information content (AvgIpc) is 2.75. The zero-order valence-electron chi connectivity index (χ0n) is 17.6. The molecule has 0 spiro atoms. The number of halogens is 1. The zero-order chi connectivity index (χ0) is 21.5. The molecule has 3 aromatic rings. The molecule has 0 aliphatic rings. The van der Waals surface area contributed by atoms with Gasteiger partial charge in [0.05, 0.1) is 5.38 Å². The molecule has 0 aromatic heterocycles. The third-order valence-electron chi connectivity index (χ3n) is 5.06. The van der Waals surface area contributed by atoms with Gasteiger partial charge in [-0.2, -0.15) is 0 Å². The van der Waals surface area contributed by atoms with Gasteiger partial charge < -0.3 is 9.84 Å². The molecule has 1 N–H and O–H groups in total. The van der Waals surface area contributed by atoms with Crippen LogP contribution in [0.15, 0.2) is 84.9 Å². The molecule has 0 amide bonds. The lowest BCUT2D eigenvalue weighted by Gasteiger charge is -2.21. The van der Waals surface area contributed by atoms with Gasteiger partial charge in [0.15, 0.2) is 0 Å². The van der Waals surface area contributed by atoms with Gasteiger partial charge in [-0.05, 0) is 74.0 Å². The van der Waals surface area contributed by atoms with Crippen molar-refractivity contribution in [3.8, 4) is 11.5 Å². The van der Waals surface area contributed by atoms with Crippen molar-refractivity contribution < 1.29 is 9.84 Å². The van der Waals surface area contributed by atoms with Gasteiger partial charge in [-0.1, -0.05) is 60.7 Å². The van der Waals surface area contributed by atoms with Crippen LogP contribution >= 0.6 is 11.6 Å². The van der Waals surface area contributed by atoms with E-state index >= 15 is 0 Å². The summed E-state index contributed by atoms with van der Waals surface area (Å²) in [5.74, 6) is 1.09. The Kier molecular flexibility index (Phi) is 7.56. The summed E-state index contributed by atoms with van der Waals surface area (Å²) in [6.45, 7) is 2.02. The Balaban J connectivity index is 1.82. The number of nitrogens with zero attached hydrogens (tertiary/aromatic N) is 1. The molecule has 30 heavy (non-hydrogen) atoms. The van der Waals surface area contributed by atoms with Gasteiger partial charge >= 0.3 is 0 Å². The van der Waals surface area contributed by atoms with Gasteiger partial charge in [0, 0.05) is 0 Å². The van der Waals surface area contributed by atoms with E-state index < -0.39 is 0 Å². The van der Waals surface area contributed by atoms with Crippen molar-refractivity contribution in [3.63, 3.8) is 0 Å². The number of phenols is 1. The number of rotatable bonds is 8. The molecule has 3 aromatic carbocycles. The molecule has 0 aliphatic carbocycles. The number of alkyl halides is 1. The van der Waals surface area contributed by atoms with E-state index in [-0.39, 0.29) is 17.4 Å². The fourth-order valence-electron chi connectivity index (χ4n) is 3.05. The van der Waals surface area contributed by atoms with Crippen molar-refractivity contribution in [3.05, 3.63) is 102 Å². The lowest BCUT2D eigenvalue weighted by molar-refractivity contribution is 0.0815. The van der Waals surface area contributed by atoms with Crippen molar-refractivity contribution in [2.75, 3.05) is 14.1 Å². The van der Waals surface area contributed by atoms with Crippen LogP contribution < -0.4 is 4.74 Å². The largest absolute Gasteiger partial charge is 0.508 e. The minimum atomic E-state index is -0.288. The summed E-state index contributed by atoms with van der Waals surface area (Å²) in [6, 6.07) is 25.5. The Morgan fingerprint density at radius 3 is 2.20 bits per heavy atom. The smallest absolute Gasteiger partial charge is 0.149 e. The van der Waals surface area contributed by atoms with Crippen LogP contribution in [0.25, 0.3) is 5.57 Å². The van der Waals surface area contributed by atoms with E-state index in [4.69, 9.17) is 16.3 Å². The van der Waals surface area contributed by atoms with E-state index in [0.717, 1.165) is 28.9 Å². The second kappa shape index (κ2) is 10.3. The van der Waals surface area contributed by atoms with Gasteiger partial charge in [0.1, 0.15) is 17.7 Å². The van der Waals surface area contributed by atoms with Crippen LogP contribution in [0.4, 0.5) is 0 Å². The minimum absolute atomic E-state index is 0.0120. The fourth-order valence-corrected chi connectivity index (χ4v) is 3.35. The van der Waals surface area contributed by atoms with Crippen LogP contribution in [-0.4, -0.2) is 30.3 Å². The number of aromatic hydroxyl groups is 1. The molecule has 0 saturated carbocycles. The summed E-state index contributed by atoms with van der Waals surface area (Å²) in [5.41, 5.74) is 4.43. The summed E-state index contributed by atoms with van der Waals surface area (Å²) in [4.78, 5) is 2.02.